The minimum Gasteiger partial charge on any atom is -0.506 e. The van der Waals surface area contributed by atoms with Crippen molar-refractivity contribution >= 4 is 32.3 Å². The fraction of sp³-hybridized carbons (Fsp3) is 0.154. The summed E-state index contributed by atoms with van der Waals surface area (Å²) in [6.45, 7) is 2.02. The molecule has 89 valence electrons. The molecule has 0 atom stereocenters. The van der Waals surface area contributed by atoms with Crippen LogP contribution in [0.15, 0.2) is 24.3 Å². The van der Waals surface area contributed by atoms with E-state index in [-0.39, 0.29) is 20.1 Å². The minimum atomic E-state index is 0. The first kappa shape index (κ1) is 12.5. The van der Waals surface area contributed by atoms with E-state index in [1.54, 1.807) is 18.4 Å². The first-order chi connectivity index (χ1) is 7.79. The standard InChI is InChI=1S/C13H10NOS.Ir/c1-8-14-13-10-6-4-3-5-9(10)11(15-2)7-12(13)16-8;/h3-5,7H,1-2H3;/q-1;. The predicted molar refractivity (Wildman–Crippen MR) is 67.3 cm³/mol. The normalized spacial score (nSPS) is 10.5. The first-order valence-electron chi connectivity index (χ1n) is 5.04. The molecule has 2 nitrogen and oxygen atoms in total. The number of aryl methyl sites for hydroxylation is 1. The van der Waals surface area contributed by atoms with E-state index in [9.17, 15) is 0 Å². The summed E-state index contributed by atoms with van der Waals surface area (Å²) in [5.74, 6) is 0.892. The summed E-state index contributed by atoms with van der Waals surface area (Å²) >= 11 is 1.69. The molecule has 0 aliphatic rings. The van der Waals surface area contributed by atoms with E-state index in [1.165, 1.54) is 0 Å². The molecule has 0 amide bonds. The van der Waals surface area contributed by atoms with Crippen LogP contribution in [0.1, 0.15) is 5.01 Å². The van der Waals surface area contributed by atoms with Crippen molar-refractivity contribution in [2.24, 2.45) is 0 Å². The van der Waals surface area contributed by atoms with Gasteiger partial charge in [-0.3, -0.25) is 4.98 Å². The van der Waals surface area contributed by atoms with Crippen molar-refractivity contribution in [2.45, 2.75) is 6.92 Å². The Morgan fingerprint density at radius 1 is 1.41 bits per heavy atom. The molecule has 0 saturated carbocycles. The predicted octanol–water partition coefficient (Wildman–Crippen LogP) is 3.56. The molecule has 0 saturated heterocycles. The van der Waals surface area contributed by atoms with Gasteiger partial charge in [-0.2, -0.15) is 0 Å². The maximum Gasteiger partial charge on any atom is 0.0852 e. The second-order valence-corrected chi connectivity index (χ2v) is 4.85. The molecule has 1 aromatic heterocycles. The fourth-order valence-corrected chi connectivity index (χ4v) is 2.79. The molecule has 0 aliphatic heterocycles. The van der Waals surface area contributed by atoms with Crippen LogP contribution >= 0.6 is 11.3 Å². The molecule has 4 heteroatoms. The number of benzene rings is 2. The summed E-state index contributed by atoms with van der Waals surface area (Å²) in [6, 6.07) is 11.2. The molecule has 1 radical (unpaired) electrons. The Labute approximate surface area is 117 Å². The van der Waals surface area contributed by atoms with Crippen molar-refractivity contribution in [1.29, 1.82) is 0 Å². The summed E-state index contributed by atoms with van der Waals surface area (Å²) in [7, 11) is 1.70. The molecule has 3 aromatic rings. The molecule has 0 bridgehead atoms. The minimum absolute atomic E-state index is 0. The van der Waals surface area contributed by atoms with Gasteiger partial charge < -0.3 is 4.74 Å². The van der Waals surface area contributed by atoms with Gasteiger partial charge in [0.15, 0.2) is 0 Å². The Bertz CT molecular complexity index is 678. The van der Waals surface area contributed by atoms with E-state index in [1.807, 2.05) is 25.1 Å². The number of methoxy groups -OCH3 is 1. The van der Waals surface area contributed by atoms with E-state index >= 15 is 0 Å². The molecule has 0 unspecified atom stereocenters. The van der Waals surface area contributed by atoms with Crippen LogP contribution in [-0.4, -0.2) is 12.1 Å². The van der Waals surface area contributed by atoms with Crippen LogP contribution in [0, 0.1) is 13.0 Å². The Kier molecular flexibility index (Phi) is 3.48. The van der Waals surface area contributed by atoms with Crippen molar-refractivity contribution in [3.63, 3.8) is 0 Å². The maximum atomic E-state index is 5.40. The van der Waals surface area contributed by atoms with Crippen LogP contribution in [0.4, 0.5) is 0 Å². The third kappa shape index (κ3) is 1.97. The maximum absolute atomic E-state index is 5.40. The third-order valence-corrected chi connectivity index (χ3v) is 3.52. The van der Waals surface area contributed by atoms with Crippen molar-refractivity contribution in [3.8, 4) is 5.75 Å². The molecule has 0 spiro atoms. The Morgan fingerprint density at radius 2 is 2.24 bits per heavy atom. The van der Waals surface area contributed by atoms with Gasteiger partial charge in [0.25, 0.3) is 0 Å². The summed E-state index contributed by atoms with van der Waals surface area (Å²) in [4.78, 5) is 4.55. The number of hydrogen-bond donors (Lipinski definition) is 0. The summed E-state index contributed by atoms with van der Waals surface area (Å²) in [5, 5.41) is 3.19. The number of thiazole rings is 1. The van der Waals surface area contributed by atoms with E-state index in [0.717, 1.165) is 31.7 Å². The number of fused-ring (bicyclic) bond motifs is 3. The zero-order chi connectivity index (χ0) is 11.1. The topological polar surface area (TPSA) is 22.1 Å². The summed E-state index contributed by atoms with van der Waals surface area (Å²) in [5.41, 5.74) is 1.03. The number of nitrogens with zero attached hydrogens (tertiary/aromatic N) is 1. The van der Waals surface area contributed by atoms with E-state index in [0.29, 0.717) is 0 Å². The van der Waals surface area contributed by atoms with Gasteiger partial charge >= 0.3 is 0 Å². The summed E-state index contributed by atoms with van der Waals surface area (Å²) in [6.07, 6.45) is 0. The molecule has 0 fully saturated rings. The quantitative estimate of drug-likeness (QED) is 0.562. The smallest absolute Gasteiger partial charge is 0.0852 e. The van der Waals surface area contributed by atoms with E-state index < -0.39 is 0 Å². The van der Waals surface area contributed by atoms with Crippen LogP contribution in [0.2, 0.25) is 0 Å². The van der Waals surface area contributed by atoms with Crippen LogP contribution in [0.3, 0.4) is 0 Å². The molecular weight excluding hydrogens is 410 g/mol. The van der Waals surface area contributed by atoms with Gasteiger partial charge in [0.2, 0.25) is 0 Å². The van der Waals surface area contributed by atoms with Crippen LogP contribution in [0.25, 0.3) is 21.0 Å². The molecule has 0 N–H and O–H groups in total. The van der Waals surface area contributed by atoms with Gasteiger partial charge in [-0.15, -0.1) is 41.0 Å². The van der Waals surface area contributed by atoms with Crippen LogP contribution in [-0.2, 0) is 20.1 Å². The van der Waals surface area contributed by atoms with Gasteiger partial charge in [0, 0.05) is 30.3 Å². The van der Waals surface area contributed by atoms with Gasteiger partial charge in [-0.25, -0.2) is 0 Å². The molecular formula is C13H10IrNOS-. The largest absolute Gasteiger partial charge is 0.506 e. The van der Waals surface area contributed by atoms with Crippen molar-refractivity contribution in [2.75, 3.05) is 7.11 Å². The first-order valence-corrected chi connectivity index (χ1v) is 5.86. The van der Waals surface area contributed by atoms with E-state index in [4.69, 9.17) is 4.74 Å². The molecule has 1 heterocycles. The second kappa shape index (κ2) is 4.73. The Morgan fingerprint density at radius 3 is 3.00 bits per heavy atom. The van der Waals surface area contributed by atoms with Crippen molar-refractivity contribution in [1.82, 2.24) is 4.98 Å². The number of ether oxygens (including phenoxy) is 1. The SMILES string of the molecule is COc1cc2sc(C)nc2c2[c-]cccc12.[Ir]. The number of aromatic nitrogens is 1. The van der Waals surface area contributed by atoms with Crippen LogP contribution < -0.4 is 4.74 Å². The zero-order valence-corrected chi connectivity index (χ0v) is 12.6. The number of rotatable bonds is 1. The van der Waals surface area contributed by atoms with Crippen LogP contribution in [0.5, 0.6) is 5.75 Å². The van der Waals surface area contributed by atoms with Gasteiger partial charge in [-0.05, 0) is 13.0 Å². The Hall–Kier alpha value is -0.961. The summed E-state index contributed by atoms with van der Waals surface area (Å²) < 4.78 is 6.56. The van der Waals surface area contributed by atoms with Gasteiger partial charge in [-0.1, -0.05) is 5.39 Å². The molecule has 17 heavy (non-hydrogen) atoms. The van der Waals surface area contributed by atoms with E-state index in [2.05, 4.69) is 17.1 Å². The van der Waals surface area contributed by atoms with Gasteiger partial charge in [0.1, 0.15) is 0 Å². The average Bonchev–Trinajstić information content (AvgIpc) is 2.68. The van der Waals surface area contributed by atoms with Crippen molar-refractivity contribution < 1.29 is 24.8 Å². The second-order valence-electron chi connectivity index (χ2n) is 3.62. The molecule has 0 aliphatic carbocycles. The third-order valence-electron chi connectivity index (χ3n) is 2.60. The Balaban J connectivity index is 0.00000108. The van der Waals surface area contributed by atoms with Crippen molar-refractivity contribution in [3.05, 3.63) is 35.3 Å². The molecule has 2 aromatic carbocycles. The van der Waals surface area contributed by atoms with Gasteiger partial charge in [0.05, 0.1) is 17.9 Å². The fourth-order valence-electron chi connectivity index (χ4n) is 1.92. The molecule has 3 rings (SSSR count). The number of hydrogen-bond acceptors (Lipinski definition) is 3. The monoisotopic (exact) mass is 421 g/mol. The average molecular weight is 421 g/mol. The zero-order valence-electron chi connectivity index (χ0n) is 9.41.